The Labute approximate surface area is 115 Å². The third-order valence-electron chi connectivity index (χ3n) is 3.53. The molecule has 0 unspecified atom stereocenters. The molecule has 0 N–H and O–H groups in total. The number of nitrogens with zero attached hydrogens (tertiary/aromatic N) is 3. The predicted molar refractivity (Wildman–Crippen MR) is 77.9 cm³/mol. The largest absolute Gasteiger partial charge is 0.369 e. The van der Waals surface area contributed by atoms with Gasteiger partial charge < -0.3 is 4.90 Å². The van der Waals surface area contributed by atoms with Gasteiger partial charge in [0.1, 0.15) is 0 Å². The monoisotopic (exact) mass is 253 g/mol. The molecule has 1 aromatic carbocycles. The molecule has 1 aliphatic rings. The van der Waals surface area contributed by atoms with Crippen LogP contribution in [0, 0.1) is 23.7 Å². The topological polar surface area (TPSA) is 30.3 Å². The number of terminal acetylenes is 1. The van der Waals surface area contributed by atoms with Crippen molar-refractivity contribution in [3.63, 3.8) is 0 Å². The maximum Gasteiger partial charge on any atom is 0.0991 e. The summed E-state index contributed by atoms with van der Waals surface area (Å²) in [4.78, 5) is 4.84. The van der Waals surface area contributed by atoms with E-state index < -0.39 is 0 Å². The van der Waals surface area contributed by atoms with Gasteiger partial charge in [0.05, 0.1) is 11.6 Å². The summed E-state index contributed by atoms with van der Waals surface area (Å²) in [5.74, 6) is 2.69. The molecule has 0 spiro atoms. The van der Waals surface area contributed by atoms with E-state index in [-0.39, 0.29) is 0 Å². The predicted octanol–water partition coefficient (Wildman–Crippen LogP) is 2.09. The van der Waals surface area contributed by atoms with E-state index in [1.54, 1.807) is 0 Å². The van der Waals surface area contributed by atoms with Gasteiger partial charge in [0, 0.05) is 38.3 Å². The summed E-state index contributed by atoms with van der Waals surface area (Å²) in [5, 5.41) is 8.79. The molecule has 3 heteroatoms. The minimum absolute atomic E-state index is 0.719. The van der Waals surface area contributed by atoms with Gasteiger partial charge >= 0.3 is 0 Å². The minimum Gasteiger partial charge on any atom is -0.369 e. The van der Waals surface area contributed by atoms with E-state index in [0.29, 0.717) is 0 Å². The van der Waals surface area contributed by atoms with Gasteiger partial charge in [-0.2, -0.15) is 5.26 Å². The first-order valence-corrected chi connectivity index (χ1v) is 6.74. The Balaban J connectivity index is 1.82. The summed E-state index contributed by atoms with van der Waals surface area (Å²) in [5.41, 5.74) is 1.93. The van der Waals surface area contributed by atoms with Crippen LogP contribution in [-0.4, -0.2) is 37.6 Å². The number of hydrogen-bond acceptors (Lipinski definition) is 3. The van der Waals surface area contributed by atoms with E-state index in [4.69, 9.17) is 11.7 Å². The Morgan fingerprint density at radius 2 is 1.79 bits per heavy atom. The first-order chi connectivity index (χ1) is 9.33. The molecule has 0 aromatic heterocycles. The van der Waals surface area contributed by atoms with E-state index in [1.807, 2.05) is 24.3 Å². The van der Waals surface area contributed by atoms with Crippen molar-refractivity contribution in [3.8, 4) is 18.4 Å². The van der Waals surface area contributed by atoms with Crippen molar-refractivity contribution in [2.45, 2.75) is 12.8 Å². The fourth-order valence-electron chi connectivity index (χ4n) is 2.38. The fraction of sp³-hybridized carbons (Fsp3) is 0.438. The van der Waals surface area contributed by atoms with Crippen LogP contribution in [0.3, 0.4) is 0 Å². The third kappa shape index (κ3) is 3.74. The van der Waals surface area contributed by atoms with Crippen molar-refractivity contribution < 1.29 is 0 Å². The molecule has 3 nitrogen and oxygen atoms in total. The Kier molecular flexibility index (Phi) is 4.84. The van der Waals surface area contributed by atoms with E-state index in [2.05, 4.69) is 21.8 Å². The highest BCUT2D eigenvalue weighted by Crippen LogP contribution is 2.17. The average Bonchev–Trinajstić information content (AvgIpc) is 2.48. The number of benzene rings is 1. The molecule has 1 aromatic rings. The van der Waals surface area contributed by atoms with Crippen molar-refractivity contribution in [1.82, 2.24) is 4.90 Å². The molecule has 0 radical (unpaired) electrons. The molecule has 1 saturated heterocycles. The van der Waals surface area contributed by atoms with E-state index in [0.717, 1.165) is 51.1 Å². The van der Waals surface area contributed by atoms with Gasteiger partial charge in [-0.25, -0.2) is 0 Å². The Bertz CT molecular complexity index is 470. The molecule has 0 aliphatic carbocycles. The normalized spacial score (nSPS) is 15.8. The first kappa shape index (κ1) is 13.5. The second-order valence-corrected chi connectivity index (χ2v) is 4.80. The van der Waals surface area contributed by atoms with Gasteiger partial charge in [-0.1, -0.05) is 0 Å². The van der Waals surface area contributed by atoms with E-state index >= 15 is 0 Å². The van der Waals surface area contributed by atoms with E-state index in [1.165, 1.54) is 5.69 Å². The second-order valence-electron chi connectivity index (χ2n) is 4.80. The van der Waals surface area contributed by atoms with Gasteiger partial charge in [0.15, 0.2) is 0 Å². The summed E-state index contributed by atoms with van der Waals surface area (Å²) in [6.45, 7) is 5.37. The van der Waals surface area contributed by atoms with Crippen LogP contribution in [0.1, 0.15) is 18.4 Å². The molecule has 0 saturated carbocycles. The van der Waals surface area contributed by atoms with Crippen LogP contribution in [0.2, 0.25) is 0 Å². The zero-order valence-corrected chi connectivity index (χ0v) is 11.2. The molecule has 19 heavy (non-hydrogen) atoms. The molecule has 1 fully saturated rings. The maximum absolute atomic E-state index is 8.79. The zero-order valence-electron chi connectivity index (χ0n) is 11.2. The van der Waals surface area contributed by atoms with Gasteiger partial charge in [-0.3, -0.25) is 4.90 Å². The smallest absolute Gasteiger partial charge is 0.0991 e. The summed E-state index contributed by atoms with van der Waals surface area (Å²) < 4.78 is 0. The lowest BCUT2D eigenvalue weighted by Crippen LogP contribution is -2.46. The molecule has 2 rings (SSSR count). The molecule has 1 aliphatic heterocycles. The van der Waals surface area contributed by atoms with Crippen LogP contribution < -0.4 is 4.90 Å². The number of anilines is 1. The van der Waals surface area contributed by atoms with Crippen LogP contribution >= 0.6 is 0 Å². The lowest BCUT2D eigenvalue weighted by molar-refractivity contribution is 0.256. The lowest BCUT2D eigenvalue weighted by atomic mass is 10.2. The fourth-order valence-corrected chi connectivity index (χ4v) is 2.38. The average molecular weight is 253 g/mol. The van der Waals surface area contributed by atoms with Gasteiger partial charge in [0.2, 0.25) is 0 Å². The van der Waals surface area contributed by atoms with Crippen molar-refractivity contribution in [1.29, 1.82) is 5.26 Å². The standard InChI is InChI=1S/C16H19N3/c1-2-3-4-9-18-10-12-19(13-11-18)16-7-5-15(14-17)6-8-16/h1,5-8H,3-4,9-13H2. The van der Waals surface area contributed by atoms with Gasteiger partial charge in [-0.15, -0.1) is 12.3 Å². The Morgan fingerprint density at radius 3 is 2.37 bits per heavy atom. The highest BCUT2D eigenvalue weighted by Gasteiger charge is 2.16. The van der Waals surface area contributed by atoms with Crippen LogP contribution in [0.4, 0.5) is 5.69 Å². The Hall–Kier alpha value is -1.97. The number of unbranched alkanes of at least 4 members (excludes halogenated alkanes) is 1. The number of rotatable bonds is 4. The van der Waals surface area contributed by atoms with Gasteiger partial charge in [0.25, 0.3) is 0 Å². The first-order valence-electron chi connectivity index (χ1n) is 6.74. The summed E-state index contributed by atoms with van der Waals surface area (Å²) >= 11 is 0. The summed E-state index contributed by atoms with van der Waals surface area (Å²) in [6, 6.07) is 9.99. The quantitative estimate of drug-likeness (QED) is 0.608. The SMILES string of the molecule is C#CCCCN1CCN(c2ccc(C#N)cc2)CC1. The minimum atomic E-state index is 0.719. The zero-order chi connectivity index (χ0) is 13.5. The number of hydrogen-bond donors (Lipinski definition) is 0. The summed E-state index contributed by atoms with van der Waals surface area (Å²) in [7, 11) is 0. The molecule has 0 amide bonds. The van der Waals surface area contributed by atoms with Crippen molar-refractivity contribution in [2.24, 2.45) is 0 Å². The van der Waals surface area contributed by atoms with Crippen molar-refractivity contribution in [2.75, 3.05) is 37.6 Å². The molecule has 0 bridgehead atoms. The van der Waals surface area contributed by atoms with Crippen LogP contribution in [0.5, 0.6) is 0 Å². The van der Waals surface area contributed by atoms with E-state index in [9.17, 15) is 0 Å². The van der Waals surface area contributed by atoms with Crippen LogP contribution in [-0.2, 0) is 0 Å². The molecular weight excluding hydrogens is 234 g/mol. The van der Waals surface area contributed by atoms with Crippen LogP contribution in [0.25, 0.3) is 0 Å². The number of nitriles is 1. The van der Waals surface area contributed by atoms with Crippen molar-refractivity contribution in [3.05, 3.63) is 29.8 Å². The molecule has 1 heterocycles. The van der Waals surface area contributed by atoms with Crippen molar-refractivity contribution >= 4 is 5.69 Å². The van der Waals surface area contributed by atoms with Crippen LogP contribution in [0.15, 0.2) is 24.3 Å². The summed E-state index contributed by atoms with van der Waals surface area (Å²) in [6.07, 6.45) is 7.23. The number of piperazine rings is 1. The lowest BCUT2D eigenvalue weighted by Gasteiger charge is -2.36. The van der Waals surface area contributed by atoms with Gasteiger partial charge in [-0.05, 0) is 37.2 Å². The highest BCUT2D eigenvalue weighted by molar-refractivity contribution is 5.50. The third-order valence-corrected chi connectivity index (χ3v) is 3.53. The second kappa shape index (κ2) is 6.83. The molecule has 98 valence electrons. The molecule has 0 atom stereocenters. The molecular formula is C16H19N3. The highest BCUT2D eigenvalue weighted by atomic mass is 15.3. The Morgan fingerprint density at radius 1 is 1.11 bits per heavy atom. The maximum atomic E-state index is 8.79.